The van der Waals surface area contributed by atoms with Crippen molar-refractivity contribution in [2.75, 3.05) is 12.4 Å². The number of hydrogen-bond donors (Lipinski definition) is 3. The predicted octanol–water partition coefficient (Wildman–Crippen LogP) is 4.77. The monoisotopic (exact) mass is 518 g/mol. The molecular formula is C28H28F2N6O2. The molecule has 1 aliphatic rings. The molecule has 0 saturated carbocycles. The smallest absolute Gasteiger partial charge is 0.320 e. The second-order valence-electron chi connectivity index (χ2n) is 9.58. The highest BCUT2D eigenvalue weighted by atomic mass is 19.2. The van der Waals surface area contributed by atoms with Gasteiger partial charge in [0.1, 0.15) is 5.82 Å². The Hall–Kier alpha value is -4.31. The van der Waals surface area contributed by atoms with Crippen LogP contribution in [0.25, 0.3) is 16.9 Å². The number of hydrogen-bond acceptors (Lipinski definition) is 4. The molecule has 38 heavy (non-hydrogen) atoms. The average molecular weight is 519 g/mol. The Kier molecular flexibility index (Phi) is 6.81. The third kappa shape index (κ3) is 4.82. The van der Waals surface area contributed by atoms with Crippen molar-refractivity contribution in [3.05, 3.63) is 100.0 Å². The highest BCUT2D eigenvalue weighted by Crippen LogP contribution is 2.36. The van der Waals surface area contributed by atoms with E-state index < -0.39 is 17.7 Å². The molecule has 2 amide bonds. The number of aromatic amines is 1. The van der Waals surface area contributed by atoms with Gasteiger partial charge in [0.05, 0.1) is 23.5 Å². The first-order chi connectivity index (χ1) is 18.2. The van der Waals surface area contributed by atoms with E-state index in [1.807, 2.05) is 56.1 Å². The number of likely N-dealkylation sites (tertiary alicyclic amines) is 1. The minimum absolute atomic E-state index is 0.113. The number of nitrogens with zero attached hydrogens (tertiary/aromatic N) is 3. The molecule has 1 aliphatic heterocycles. The Labute approximate surface area is 218 Å². The average Bonchev–Trinajstić information content (AvgIpc) is 3.37. The van der Waals surface area contributed by atoms with E-state index in [0.29, 0.717) is 34.6 Å². The molecule has 1 saturated heterocycles. The van der Waals surface area contributed by atoms with Gasteiger partial charge in [-0.1, -0.05) is 24.3 Å². The van der Waals surface area contributed by atoms with E-state index in [1.165, 1.54) is 12.1 Å². The van der Waals surface area contributed by atoms with Crippen molar-refractivity contribution < 1.29 is 13.6 Å². The second kappa shape index (κ2) is 10.2. The number of benzene rings is 2. The van der Waals surface area contributed by atoms with Crippen molar-refractivity contribution in [1.29, 1.82) is 0 Å². The lowest BCUT2D eigenvalue weighted by Crippen LogP contribution is -2.41. The maximum absolute atomic E-state index is 14.0. The van der Waals surface area contributed by atoms with E-state index in [1.54, 1.807) is 23.0 Å². The molecule has 1 unspecified atom stereocenters. The number of aromatic nitrogens is 3. The fourth-order valence-electron chi connectivity index (χ4n) is 5.07. The fraction of sp³-hybridized carbons (Fsp3) is 0.250. The largest absolute Gasteiger partial charge is 0.333 e. The quantitative estimate of drug-likeness (QED) is 0.355. The van der Waals surface area contributed by atoms with Crippen molar-refractivity contribution >= 4 is 11.8 Å². The van der Waals surface area contributed by atoms with Gasteiger partial charge in [0.15, 0.2) is 11.6 Å². The number of carbonyl (C=O) groups is 1. The van der Waals surface area contributed by atoms with Crippen molar-refractivity contribution in [2.24, 2.45) is 0 Å². The van der Waals surface area contributed by atoms with Gasteiger partial charge in [0.2, 0.25) is 5.56 Å². The third-order valence-corrected chi connectivity index (χ3v) is 7.12. The summed E-state index contributed by atoms with van der Waals surface area (Å²) >= 11 is 0. The van der Waals surface area contributed by atoms with Crippen LogP contribution < -0.4 is 16.2 Å². The molecule has 0 spiro atoms. The van der Waals surface area contributed by atoms with E-state index in [0.717, 1.165) is 11.8 Å². The first kappa shape index (κ1) is 25.3. The Morgan fingerprint density at radius 2 is 1.84 bits per heavy atom. The van der Waals surface area contributed by atoms with Crippen LogP contribution in [0.5, 0.6) is 0 Å². The van der Waals surface area contributed by atoms with Crippen LogP contribution in [0, 0.1) is 18.6 Å². The molecular weight excluding hydrogens is 490 g/mol. The van der Waals surface area contributed by atoms with Crippen LogP contribution in [0.1, 0.15) is 30.5 Å². The summed E-state index contributed by atoms with van der Waals surface area (Å²) in [6.07, 6.45) is 2.21. The molecule has 0 aliphatic carbocycles. The minimum atomic E-state index is -0.921. The normalized spacial score (nSPS) is 19.4. The lowest BCUT2D eigenvalue weighted by atomic mass is 9.99. The van der Waals surface area contributed by atoms with Crippen molar-refractivity contribution in [1.82, 2.24) is 25.0 Å². The molecule has 2 aromatic carbocycles. The molecule has 10 heteroatoms. The zero-order chi connectivity index (χ0) is 27.0. The van der Waals surface area contributed by atoms with Crippen LogP contribution in [0.4, 0.5) is 19.4 Å². The highest BCUT2D eigenvalue weighted by Gasteiger charge is 2.39. The zero-order valence-corrected chi connectivity index (χ0v) is 21.2. The zero-order valence-electron chi connectivity index (χ0n) is 21.2. The maximum Gasteiger partial charge on any atom is 0.320 e. The van der Waals surface area contributed by atoms with Gasteiger partial charge in [0.25, 0.3) is 0 Å². The number of para-hydroxylation sites is 1. The molecule has 0 radical (unpaired) electrons. The Morgan fingerprint density at radius 1 is 1.08 bits per heavy atom. The first-order valence-electron chi connectivity index (χ1n) is 12.3. The van der Waals surface area contributed by atoms with Gasteiger partial charge < -0.3 is 10.3 Å². The summed E-state index contributed by atoms with van der Waals surface area (Å²) in [5.74, 6) is -1.36. The number of H-pyrrole nitrogens is 1. The second-order valence-corrected chi connectivity index (χ2v) is 9.58. The van der Waals surface area contributed by atoms with Crippen molar-refractivity contribution in [2.45, 2.75) is 38.4 Å². The van der Waals surface area contributed by atoms with Gasteiger partial charge in [0, 0.05) is 29.4 Å². The minimum Gasteiger partial charge on any atom is -0.333 e. The maximum atomic E-state index is 14.0. The SMILES string of the molecule is Cc1c(-c2ccc(=O)[nH]c2)nn(-c2ccccc2)c1NC(=O)N[C@@H]1CC(C)N(C)[C@H]1c1ccc(F)c(F)c1. The van der Waals surface area contributed by atoms with Gasteiger partial charge in [-0.2, -0.15) is 5.10 Å². The van der Waals surface area contributed by atoms with Gasteiger partial charge in [-0.15, -0.1) is 0 Å². The number of nitrogens with one attached hydrogen (secondary N) is 3. The summed E-state index contributed by atoms with van der Waals surface area (Å²) in [6, 6.07) is 15.3. The van der Waals surface area contributed by atoms with Crippen LogP contribution in [0.2, 0.25) is 0 Å². The summed E-state index contributed by atoms with van der Waals surface area (Å²) in [7, 11) is 1.90. The molecule has 196 valence electrons. The van der Waals surface area contributed by atoms with Gasteiger partial charge in [-0.25, -0.2) is 18.3 Å². The summed E-state index contributed by atoms with van der Waals surface area (Å²) < 4.78 is 29.2. The van der Waals surface area contributed by atoms with Gasteiger partial charge in [-0.05, 0) is 63.2 Å². The Balaban J connectivity index is 1.45. The number of carbonyl (C=O) groups excluding carboxylic acids is 1. The van der Waals surface area contributed by atoms with Crippen LogP contribution in [-0.2, 0) is 0 Å². The number of halogens is 2. The van der Waals surface area contributed by atoms with Gasteiger partial charge >= 0.3 is 6.03 Å². The number of pyridine rings is 1. The van der Waals surface area contributed by atoms with Crippen LogP contribution in [0.15, 0.2) is 71.7 Å². The van der Waals surface area contributed by atoms with Crippen LogP contribution in [-0.4, -0.2) is 44.8 Å². The van der Waals surface area contributed by atoms with Crippen molar-refractivity contribution in [3.63, 3.8) is 0 Å². The molecule has 3 atom stereocenters. The number of rotatable bonds is 5. The lowest BCUT2D eigenvalue weighted by Gasteiger charge is -2.27. The van der Waals surface area contributed by atoms with E-state index >= 15 is 0 Å². The molecule has 8 nitrogen and oxygen atoms in total. The third-order valence-electron chi connectivity index (χ3n) is 7.12. The molecule has 1 fully saturated rings. The summed E-state index contributed by atoms with van der Waals surface area (Å²) in [6.45, 7) is 3.87. The van der Waals surface area contributed by atoms with Crippen molar-refractivity contribution in [3.8, 4) is 16.9 Å². The first-order valence-corrected chi connectivity index (χ1v) is 12.3. The van der Waals surface area contributed by atoms with E-state index in [2.05, 4.69) is 15.6 Å². The van der Waals surface area contributed by atoms with Crippen LogP contribution >= 0.6 is 0 Å². The Morgan fingerprint density at radius 3 is 2.53 bits per heavy atom. The topological polar surface area (TPSA) is 95.0 Å². The summed E-state index contributed by atoms with van der Waals surface area (Å²) in [4.78, 5) is 29.6. The van der Waals surface area contributed by atoms with E-state index in [9.17, 15) is 18.4 Å². The number of urea groups is 1. The standard InChI is InChI=1S/C28H28F2N6O2/c1-16-13-23(26(35(16)3)18-9-11-21(29)22(30)14-18)32-28(38)33-27-17(2)25(19-10-12-24(37)31-15-19)34-36(27)20-7-5-4-6-8-20/h4-12,14-16,23,26H,13H2,1-3H3,(H,31,37)(H2,32,33,38)/t16?,23-,26+/m1/s1. The highest BCUT2D eigenvalue weighted by molar-refractivity contribution is 5.91. The summed E-state index contributed by atoms with van der Waals surface area (Å²) in [5.41, 5.74) is 3.13. The summed E-state index contributed by atoms with van der Waals surface area (Å²) in [5, 5.41) is 10.7. The Bertz CT molecular complexity index is 1510. The molecule has 5 rings (SSSR count). The molecule has 0 bridgehead atoms. The predicted molar refractivity (Wildman–Crippen MR) is 141 cm³/mol. The number of amides is 2. The molecule has 3 N–H and O–H groups in total. The molecule has 2 aromatic heterocycles. The van der Waals surface area contributed by atoms with Gasteiger partial charge in [-0.3, -0.25) is 15.0 Å². The molecule has 4 aromatic rings. The van der Waals surface area contributed by atoms with E-state index in [4.69, 9.17) is 5.10 Å². The van der Waals surface area contributed by atoms with E-state index in [-0.39, 0.29) is 23.7 Å². The molecule has 3 heterocycles. The number of likely N-dealkylation sites (N-methyl/N-ethyl adjacent to an activating group) is 1. The number of anilines is 1. The fourth-order valence-corrected chi connectivity index (χ4v) is 5.07. The lowest BCUT2D eigenvalue weighted by molar-refractivity contribution is 0.230. The van der Waals surface area contributed by atoms with Crippen LogP contribution in [0.3, 0.4) is 0 Å².